The van der Waals surface area contributed by atoms with Crippen LogP contribution in [0.4, 0.5) is 5.69 Å². The molecule has 5 heteroatoms. The molecule has 2 aromatic heterocycles. The second-order valence-corrected chi connectivity index (χ2v) is 4.74. The molecule has 0 aromatic carbocycles. The first-order valence-corrected chi connectivity index (χ1v) is 5.64. The summed E-state index contributed by atoms with van der Waals surface area (Å²) in [5, 5.41) is 3.65. The zero-order chi connectivity index (χ0) is 11.5. The fourth-order valence-corrected chi connectivity index (χ4v) is 2.18. The summed E-state index contributed by atoms with van der Waals surface area (Å²) in [4.78, 5) is 20.9. The number of aryl methyl sites for hydroxylation is 2. The Hall–Kier alpha value is -1.75. The number of aromatic nitrogens is 2. The summed E-state index contributed by atoms with van der Waals surface area (Å²) in [6.07, 6.45) is 3.26. The first-order valence-electron chi connectivity index (χ1n) is 4.82. The molecule has 2 heterocycles. The highest BCUT2D eigenvalue weighted by atomic mass is 32.1. The number of pyridine rings is 1. The number of amides is 1. The van der Waals surface area contributed by atoms with E-state index >= 15 is 0 Å². The average Bonchev–Trinajstić information content (AvgIpc) is 2.59. The number of thiazole rings is 1. The van der Waals surface area contributed by atoms with Gasteiger partial charge in [0.2, 0.25) is 0 Å². The van der Waals surface area contributed by atoms with Crippen molar-refractivity contribution in [2.24, 2.45) is 0 Å². The van der Waals surface area contributed by atoms with E-state index in [1.165, 1.54) is 11.3 Å². The fraction of sp³-hybridized carbons (Fsp3) is 0.182. The lowest BCUT2D eigenvalue weighted by molar-refractivity contribution is 0.102. The highest BCUT2D eigenvalue weighted by Gasteiger charge is 2.13. The Kier molecular flexibility index (Phi) is 2.96. The molecule has 2 aromatic rings. The summed E-state index contributed by atoms with van der Waals surface area (Å²) in [5.41, 5.74) is 1.17. The molecule has 0 atom stereocenters. The van der Waals surface area contributed by atoms with Gasteiger partial charge in [0, 0.05) is 11.1 Å². The quantitative estimate of drug-likeness (QED) is 0.866. The molecule has 0 saturated carbocycles. The number of carbonyl (C=O) groups excluding carboxylic acids is 1. The number of carbonyl (C=O) groups is 1. The lowest BCUT2D eigenvalue weighted by atomic mass is 10.3. The Labute approximate surface area is 97.4 Å². The standard InChI is InChI=1S/C11H11N3OS/c1-7-10(13-8(2)16-7)11(15)14-9-4-3-5-12-6-9/h3-6H,1-2H3,(H,14,15). The van der Waals surface area contributed by atoms with Gasteiger partial charge in [-0.3, -0.25) is 9.78 Å². The minimum atomic E-state index is -0.185. The van der Waals surface area contributed by atoms with Gasteiger partial charge in [-0.1, -0.05) is 0 Å². The van der Waals surface area contributed by atoms with Crippen molar-refractivity contribution in [3.05, 3.63) is 40.1 Å². The summed E-state index contributed by atoms with van der Waals surface area (Å²) >= 11 is 1.52. The predicted molar refractivity (Wildman–Crippen MR) is 63.8 cm³/mol. The minimum Gasteiger partial charge on any atom is -0.319 e. The van der Waals surface area contributed by atoms with E-state index in [1.54, 1.807) is 24.5 Å². The van der Waals surface area contributed by atoms with Gasteiger partial charge in [-0.2, -0.15) is 0 Å². The van der Waals surface area contributed by atoms with Crippen LogP contribution in [-0.2, 0) is 0 Å². The van der Waals surface area contributed by atoms with Crippen molar-refractivity contribution in [2.45, 2.75) is 13.8 Å². The predicted octanol–water partition coefficient (Wildman–Crippen LogP) is 2.41. The van der Waals surface area contributed by atoms with Crippen LogP contribution in [0.1, 0.15) is 20.4 Å². The van der Waals surface area contributed by atoms with Crippen LogP contribution in [0, 0.1) is 13.8 Å². The topological polar surface area (TPSA) is 54.9 Å². The van der Waals surface area contributed by atoms with Crippen molar-refractivity contribution >= 4 is 22.9 Å². The second-order valence-electron chi connectivity index (χ2n) is 3.33. The largest absolute Gasteiger partial charge is 0.319 e. The number of anilines is 1. The van der Waals surface area contributed by atoms with Crippen LogP contribution in [0.2, 0.25) is 0 Å². The van der Waals surface area contributed by atoms with E-state index in [1.807, 2.05) is 13.8 Å². The third kappa shape index (κ3) is 2.25. The average molecular weight is 233 g/mol. The summed E-state index contributed by atoms with van der Waals surface area (Å²) in [5.74, 6) is -0.185. The van der Waals surface area contributed by atoms with Gasteiger partial charge in [0.25, 0.3) is 5.91 Å². The third-order valence-corrected chi connectivity index (χ3v) is 2.92. The van der Waals surface area contributed by atoms with E-state index < -0.39 is 0 Å². The van der Waals surface area contributed by atoms with Crippen molar-refractivity contribution in [3.8, 4) is 0 Å². The van der Waals surface area contributed by atoms with Crippen molar-refractivity contribution in [3.63, 3.8) is 0 Å². The maximum Gasteiger partial charge on any atom is 0.275 e. The first-order chi connectivity index (χ1) is 7.66. The molecule has 1 amide bonds. The zero-order valence-corrected chi connectivity index (χ0v) is 9.84. The van der Waals surface area contributed by atoms with E-state index in [4.69, 9.17) is 0 Å². The molecule has 0 spiro atoms. The molecule has 1 N–H and O–H groups in total. The van der Waals surface area contributed by atoms with Crippen LogP contribution in [-0.4, -0.2) is 15.9 Å². The molecule has 0 aliphatic heterocycles. The Morgan fingerprint density at radius 1 is 1.44 bits per heavy atom. The van der Waals surface area contributed by atoms with E-state index in [2.05, 4.69) is 15.3 Å². The number of rotatable bonds is 2. The number of hydrogen-bond acceptors (Lipinski definition) is 4. The molecule has 0 bridgehead atoms. The van der Waals surface area contributed by atoms with E-state index in [0.29, 0.717) is 11.4 Å². The van der Waals surface area contributed by atoms with Crippen LogP contribution in [0.15, 0.2) is 24.5 Å². The van der Waals surface area contributed by atoms with Gasteiger partial charge in [0.1, 0.15) is 5.69 Å². The lowest BCUT2D eigenvalue weighted by Gasteiger charge is -2.02. The summed E-state index contributed by atoms with van der Waals surface area (Å²) in [6.45, 7) is 3.78. The molecular weight excluding hydrogens is 222 g/mol. The van der Waals surface area contributed by atoms with Gasteiger partial charge in [-0.15, -0.1) is 11.3 Å². The summed E-state index contributed by atoms with van der Waals surface area (Å²) in [6, 6.07) is 3.56. The van der Waals surface area contributed by atoms with Crippen molar-refractivity contribution in [2.75, 3.05) is 5.32 Å². The van der Waals surface area contributed by atoms with Crippen LogP contribution < -0.4 is 5.32 Å². The minimum absolute atomic E-state index is 0.185. The van der Waals surface area contributed by atoms with E-state index in [0.717, 1.165) is 9.88 Å². The van der Waals surface area contributed by atoms with Crippen LogP contribution in [0.5, 0.6) is 0 Å². The Morgan fingerprint density at radius 2 is 2.25 bits per heavy atom. The Bertz CT molecular complexity index is 507. The van der Waals surface area contributed by atoms with Crippen molar-refractivity contribution in [1.29, 1.82) is 0 Å². The van der Waals surface area contributed by atoms with Crippen LogP contribution >= 0.6 is 11.3 Å². The monoisotopic (exact) mass is 233 g/mol. The molecular formula is C11H11N3OS. The van der Waals surface area contributed by atoms with Gasteiger partial charge in [-0.05, 0) is 26.0 Å². The SMILES string of the molecule is Cc1nc(C(=O)Nc2cccnc2)c(C)s1. The summed E-state index contributed by atoms with van der Waals surface area (Å²) < 4.78 is 0. The molecule has 0 aliphatic carbocycles. The van der Waals surface area contributed by atoms with Gasteiger partial charge in [0.05, 0.1) is 16.9 Å². The second kappa shape index (κ2) is 4.40. The zero-order valence-electron chi connectivity index (χ0n) is 9.02. The van der Waals surface area contributed by atoms with Crippen molar-refractivity contribution in [1.82, 2.24) is 9.97 Å². The van der Waals surface area contributed by atoms with E-state index in [-0.39, 0.29) is 5.91 Å². The molecule has 16 heavy (non-hydrogen) atoms. The fourth-order valence-electron chi connectivity index (χ4n) is 1.37. The molecule has 0 radical (unpaired) electrons. The highest BCUT2D eigenvalue weighted by molar-refractivity contribution is 7.11. The number of hydrogen-bond donors (Lipinski definition) is 1. The van der Waals surface area contributed by atoms with Crippen molar-refractivity contribution < 1.29 is 4.79 Å². The summed E-state index contributed by atoms with van der Waals surface area (Å²) in [7, 11) is 0. The molecule has 82 valence electrons. The molecule has 0 saturated heterocycles. The maximum absolute atomic E-state index is 11.9. The number of nitrogens with zero attached hydrogens (tertiary/aromatic N) is 2. The molecule has 4 nitrogen and oxygen atoms in total. The van der Waals surface area contributed by atoms with Gasteiger partial charge >= 0.3 is 0 Å². The highest BCUT2D eigenvalue weighted by Crippen LogP contribution is 2.17. The van der Waals surface area contributed by atoms with Crippen LogP contribution in [0.25, 0.3) is 0 Å². The Balaban J connectivity index is 2.18. The normalized spacial score (nSPS) is 10.1. The molecule has 0 fully saturated rings. The Morgan fingerprint density at radius 3 is 2.81 bits per heavy atom. The first kappa shape index (κ1) is 10.8. The van der Waals surface area contributed by atoms with Gasteiger partial charge < -0.3 is 5.32 Å². The van der Waals surface area contributed by atoms with Gasteiger partial charge in [-0.25, -0.2) is 4.98 Å². The third-order valence-electron chi connectivity index (χ3n) is 2.04. The van der Waals surface area contributed by atoms with Crippen LogP contribution in [0.3, 0.4) is 0 Å². The lowest BCUT2D eigenvalue weighted by Crippen LogP contribution is -2.13. The molecule has 2 rings (SSSR count). The smallest absolute Gasteiger partial charge is 0.275 e. The van der Waals surface area contributed by atoms with E-state index in [9.17, 15) is 4.79 Å². The maximum atomic E-state index is 11.9. The molecule has 0 unspecified atom stereocenters. The van der Waals surface area contributed by atoms with Gasteiger partial charge in [0.15, 0.2) is 0 Å². The molecule has 0 aliphatic rings. The number of nitrogens with one attached hydrogen (secondary N) is 1.